The first kappa shape index (κ1) is 20.7. The molecule has 1 atom stereocenters. The SMILES string of the molecule is CCC(CC)NC1=C(C)N=C(c2cc3c(cc2OC)CCCC3)N(CC)C1O. The number of likely N-dealkylation sites (N-methyl/N-ethyl adjacent to an activating group) is 1. The molecular weight excluding hydrogens is 350 g/mol. The Morgan fingerprint density at radius 3 is 2.39 bits per heavy atom. The Morgan fingerprint density at radius 1 is 1.18 bits per heavy atom. The summed E-state index contributed by atoms with van der Waals surface area (Å²) in [5.41, 5.74) is 5.41. The van der Waals surface area contributed by atoms with Crippen molar-refractivity contribution in [2.75, 3.05) is 13.7 Å². The fraction of sp³-hybridized carbons (Fsp3) is 0.609. The molecule has 1 aromatic carbocycles. The van der Waals surface area contributed by atoms with Gasteiger partial charge >= 0.3 is 0 Å². The lowest BCUT2D eigenvalue weighted by atomic mass is 9.89. The van der Waals surface area contributed by atoms with Crippen LogP contribution in [0.15, 0.2) is 28.5 Å². The smallest absolute Gasteiger partial charge is 0.170 e. The third-order valence-electron chi connectivity index (χ3n) is 6.08. The first-order valence-electron chi connectivity index (χ1n) is 10.7. The van der Waals surface area contributed by atoms with E-state index in [1.165, 1.54) is 24.0 Å². The number of hydrogen-bond acceptors (Lipinski definition) is 5. The number of amidine groups is 1. The van der Waals surface area contributed by atoms with Crippen molar-refractivity contribution >= 4 is 5.84 Å². The molecule has 2 N–H and O–H groups in total. The Labute approximate surface area is 169 Å². The third kappa shape index (κ3) is 3.90. The summed E-state index contributed by atoms with van der Waals surface area (Å²) in [5, 5.41) is 14.7. The van der Waals surface area contributed by atoms with Crippen molar-refractivity contribution in [1.29, 1.82) is 0 Å². The van der Waals surface area contributed by atoms with Gasteiger partial charge in [-0.3, -0.25) is 0 Å². The highest BCUT2D eigenvalue weighted by molar-refractivity contribution is 6.03. The van der Waals surface area contributed by atoms with Crippen molar-refractivity contribution in [2.24, 2.45) is 4.99 Å². The Kier molecular flexibility index (Phi) is 6.65. The van der Waals surface area contributed by atoms with Gasteiger partial charge in [0.05, 0.1) is 24.1 Å². The molecule has 1 aliphatic heterocycles. The van der Waals surface area contributed by atoms with Gasteiger partial charge in [0, 0.05) is 12.6 Å². The average Bonchev–Trinajstić information content (AvgIpc) is 2.72. The molecule has 0 saturated heterocycles. The van der Waals surface area contributed by atoms with Crippen LogP contribution in [0.5, 0.6) is 5.75 Å². The average molecular weight is 386 g/mol. The van der Waals surface area contributed by atoms with Crippen LogP contribution in [0.2, 0.25) is 0 Å². The number of nitrogens with one attached hydrogen (secondary N) is 1. The summed E-state index contributed by atoms with van der Waals surface area (Å²) in [7, 11) is 1.72. The van der Waals surface area contributed by atoms with Gasteiger partial charge in [0.2, 0.25) is 0 Å². The third-order valence-corrected chi connectivity index (χ3v) is 6.08. The van der Waals surface area contributed by atoms with Crippen molar-refractivity contribution in [3.63, 3.8) is 0 Å². The largest absolute Gasteiger partial charge is 0.496 e. The molecule has 1 aromatic rings. The van der Waals surface area contributed by atoms with Crippen molar-refractivity contribution in [2.45, 2.75) is 78.5 Å². The maximum Gasteiger partial charge on any atom is 0.170 e. The molecule has 5 nitrogen and oxygen atoms in total. The van der Waals surface area contributed by atoms with E-state index in [2.05, 4.69) is 38.2 Å². The van der Waals surface area contributed by atoms with Gasteiger partial charge < -0.3 is 20.1 Å². The van der Waals surface area contributed by atoms with Crippen LogP contribution in [-0.2, 0) is 12.8 Å². The lowest BCUT2D eigenvalue weighted by molar-refractivity contribution is 0.0768. The van der Waals surface area contributed by atoms with Crippen LogP contribution >= 0.6 is 0 Å². The number of methoxy groups -OCH3 is 1. The lowest BCUT2D eigenvalue weighted by Crippen LogP contribution is -2.49. The number of hydrogen-bond donors (Lipinski definition) is 2. The highest BCUT2D eigenvalue weighted by Gasteiger charge is 2.32. The minimum Gasteiger partial charge on any atom is -0.496 e. The number of aliphatic imine (C=N–C) groups is 1. The van der Waals surface area contributed by atoms with Gasteiger partial charge in [-0.05, 0) is 75.6 Å². The van der Waals surface area contributed by atoms with Gasteiger partial charge in [-0.25, -0.2) is 4.99 Å². The first-order valence-corrected chi connectivity index (χ1v) is 10.7. The summed E-state index contributed by atoms with van der Waals surface area (Å²) in [4.78, 5) is 6.90. The summed E-state index contributed by atoms with van der Waals surface area (Å²) in [6.07, 6.45) is 5.99. The summed E-state index contributed by atoms with van der Waals surface area (Å²) in [6, 6.07) is 4.74. The molecular formula is C23H35N3O2. The van der Waals surface area contributed by atoms with Crippen LogP contribution in [0.3, 0.4) is 0 Å². The molecule has 3 rings (SSSR count). The van der Waals surface area contributed by atoms with Crippen LogP contribution in [0.25, 0.3) is 0 Å². The predicted molar refractivity (Wildman–Crippen MR) is 115 cm³/mol. The summed E-state index contributed by atoms with van der Waals surface area (Å²) < 4.78 is 5.73. The number of ether oxygens (including phenoxy) is 1. The van der Waals surface area contributed by atoms with Crippen molar-refractivity contribution < 1.29 is 9.84 Å². The van der Waals surface area contributed by atoms with Crippen LogP contribution < -0.4 is 10.1 Å². The van der Waals surface area contributed by atoms with E-state index in [4.69, 9.17) is 9.73 Å². The van der Waals surface area contributed by atoms with Crippen LogP contribution in [-0.4, -0.2) is 41.8 Å². The first-order chi connectivity index (χ1) is 13.5. The van der Waals surface area contributed by atoms with Crippen molar-refractivity contribution in [3.8, 4) is 5.75 Å². The van der Waals surface area contributed by atoms with Gasteiger partial charge in [0.25, 0.3) is 0 Å². The number of nitrogens with zero attached hydrogens (tertiary/aromatic N) is 2. The normalized spacial score (nSPS) is 19.6. The number of aliphatic hydroxyl groups is 1. The quantitative estimate of drug-likeness (QED) is 0.745. The second kappa shape index (κ2) is 8.99. The van der Waals surface area contributed by atoms with Crippen LogP contribution in [0, 0.1) is 0 Å². The molecule has 0 aromatic heterocycles. The van der Waals surface area contributed by atoms with Crippen molar-refractivity contribution in [1.82, 2.24) is 10.2 Å². The summed E-state index contributed by atoms with van der Waals surface area (Å²) in [5.74, 6) is 1.64. The van der Waals surface area contributed by atoms with E-state index in [-0.39, 0.29) is 0 Å². The number of aliphatic hydroxyl groups excluding tert-OH is 1. The predicted octanol–water partition coefficient (Wildman–Crippen LogP) is 3.98. The Balaban J connectivity index is 2.06. The molecule has 1 unspecified atom stereocenters. The highest BCUT2D eigenvalue weighted by atomic mass is 16.5. The van der Waals surface area contributed by atoms with Gasteiger partial charge in [-0.1, -0.05) is 13.8 Å². The molecule has 28 heavy (non-hydrogen) atoms. The zero-order valence-electron chi connectivity index (χ0n) is 18.0. The lowest BCUT2D eigenvalue weighted by Gasteiger charge is -2.37. The standard InChI is InChI=1S/C23H35N3O2/c1-6-18(7-2)25-21-15(4)24-22(26(8-3)23(21)27)19-13-16-11-9-10-12-17(16)14-20(19)28-5/h13-14,18,23,25,27H,6-12H2,1-5H3. The maximum atomic E-state index is 11.2. The molecule has 0 radical (unpaired) electrons. The van der Waals surface area contributed by atoms with E-state index >= 15 is 0 Å². The van der Waals surface area contributed by atoms with Gasteiger partial charge in [-0.15, -0.1) is 0 Å². The molecule has 1 heterocycles. The number of benzene rings is 1. The molecule has 0 saturated carbocycles. The molecule has 0 fully saturated rings. The molecule has 1 aliphatic carbocycles. The van der Waals surface area contributed by atoms with Gasteiger partial charge in [0.15, 0.2) is 6.23 Å². The van der Waals surface area contributed by atoms with E-state index in [1.54, 1.807) is 7.11 Å². The van der Waals surface area contributed by atoms with Crippen LogP contribution in [0.4, 0.5) is 0 Å². The summed E-state index contributed by atoms with van der Waals surface area (Å²) >= 11 is 0. The topological polar surface area (TPSA) is 57.1 Å². The number of allylic oxidation sites excluding steroid dienone is 1. The zero-order valence-corrected chi connectivity index (χ0v) is 18.0. The van der Waals surface area contributed by atoms with Gasteiger partial charge in [0.1, 0.15) is 11.6 Å². The fourth-order valence-corrected chi connectivity index (χ4v) is 4.28. The molecule has 0 spiro atoms. The van der Waals surface area contributed by atoms with Crippen molar-refractivity contribution in [3.05, 3.63) is 40.2 Å². The Bertz CT molecular complexity index is 765. The molecule has 2 aliphatic rings. The maximum absolute atomic E-state index is 11.2. The molecule has 154 valence electrons. The monoisotopic (exact) mass is 385 g/mol. The summed E-state index contributed by atoms with van der Waals surface area (Å²) in [6.45, 7) is 9.03. The Hall–Kier alpha value is -2.01. The second-order valence-electron chi connectivity index (χ2n) is 7.78. The number of fused-ring (bicyclic) bond motifs is 1. The minimum absolute atomic E-state index is 0.341. The molecule has 0 amide bonds. The molecule has 0 bridgehead atoms. The number of aryl methyl sites for hydroxylation is 2. The molecule has 5 heteroatoms. The highest BCUT2D eigenvalue weighted by Crippen LogP contribution is 2.33. The number of rotatable bonds is 7. The van der Waals surface area contributed by atoms with E-state index in [0.717, 1.165) is 54.2 Å². The van der Waals surface area contributed by atoms with Crippen LogP contribution in [0.1, 0.15) is 70.1 Å². The van der Waals surface area contributed by atoms with E-state index in [1.807, 2.05) is 11.8 Å². The fourth-order valence-electron chi connectivity index (χ4n) is 4.28. The van der Waals surface area contributed by atoms with E-state index < -0.39 is 6.23 Å². The van der Waals surface area contributed by atoms with E-state index in [9.17, 15) is 5.11 Å². The Morgan fingerprint density at radius 2 is 1.82 bits per heavy atom. The minimum atomic E-state index is -0.723. The van der Waals surface area contributed by atoms with Gasteiger partial charge in [-0.2, -0.15) is 0 Å². The second-order valence-corrected chi connectivity index (χ2v) is 7.78. The zero-order chi connectivity index (χ0) is 20.3. The van der Waals surface area contributed by atoms with E-state index in [0.29, 0.717) is 12.6 Å².